The molecule has 1 heterocycles. The molecule has 0 aliphatic heterocycles. The molecular formula is C16H15NO. The van der Waals surface area contributed by atoms with Crippen molar-refractivity contribution in [2.75, 3.05) is 0 Å². The van der Waals surface area contributed by atoms with Gasteiger partial charge in [-0.3, -0.25) is 0 Å². The predicted octanol–water partition coefficient (Wildman–Crippen LogP) is 3.58. The van der Waals surface area contributed by atoms with Gasteiger partial charge in [-0.25, -0.2) is 0 Å². The van der Waals surface area contributed by atoms with E-state index in [1.165, 1.54) is 16.5 Å². The normalized spacial score (nSPS) is 10.7. The maximum Gasteiger partial charge on any atom is 0.140 e. The maximum atomic E-state index is 5.84. The summed E-state index contributed by atoms with van der Waals surface area (Å²) in [4.78, 5) is 5.84. The summed E-state index contributed by atoms with van der Waals surface area (Å²) >= 11 is 0. The molecule has 2 nitrogen and oxygen atoms in total. The molecule has 0 aliphatic carbocycles. The van der Waals surface area contributed by atoms with Gasteiger partial charge < -0.3 is 4.84 Å². The lowest BCUT2D eigenvalue weighted by atomic mass is 10.2. The Balaban J connectivity index is 1.87. The van der Waals surface area contributed by atoms with Crippen molar-refractivity contribution in [3.8, 4) is 0 Å². The Labute approximate surface area is 106 Å². The Hall–Kier alpha value is -2.22. The van der Waals surface area contributed by atoms with E-state index < -0.39 is 0 Å². The Kier molecular flexibility index (Phi) is 2.77. The zero-order valence-corrected chi connectivity index (χ0v) is 10.3. The second-order valence-corrected chi connectivity index (χ2v) is 4.41. The maximum absolute atomic E-state index is 5.84. The quantitative estimate of drug-likeness (QED) is 0.679. The van der Waals surface area contributed by atoms with Crippen molar-refractivity contribution in [3.63, 3.8) is 0 Å². The number of hydrogen-bond acceptors (Lipinski definition) is 1. The lowest BCUT2D eigenvalue weighted by Gasteiger charge is -2.08. The number of nitrogens with zero attached hydrogens (tertiary/aromatic N) is 1. The van der Waals surface area contributed by atoms with Gasteiger partial charge in [0.15, 0.2) is 0 Å². The molecule has 0 atom stereocenters. The Morgan fingerprint density at radius 2 is 1.67 bits per heavy atom. The number of rotatable bonds is 3. The monoisotopic (exact) mass is 237 g/mol. The van der Waals surface area contributed by atoms with Crippen LogP contribution in [0.1, 0.15) is 11.1 Å². The van der Waals surface area contributed by atoms with Crippen LogP contribution in [0.25, 0.3) is 10.9 Å². The molecule has 3 aromatic rings. The third-order valence-electron chi connectivity index (χ3n) is 3.09. The molecule has 0 unspecified atom stereocenters. The van der Waals surface area contributed by atoms with Crippen LogP contribution in [0.3, 0.4) is 0 Å². The van der Waals surface area contributed by atoms with E-state index in [2.05, 4.69) is 37.3 Å². The van der Waals surface area contributed by atoms with Gasteiger partial charge in [0.2, 0.25) is 0 Å². The van der Waals surface area contributed by atoms with Crippen LogP contribution in [-0.2, 0) is 6.61 Å². The standard InChI is InChI=1S/C16H15NO/c1-13-11-17(16-10-6-5-9-15(13)16)18-12-14-7-3-2-4-8-14/h2-11H,12H2,1H3. The van der Waals surface area contributed by atoms with Crippen LogP contribution in [0, 0.1) is 6.92 Å². The van der Waals surface area contributed by atoms with Gasteiger partial charge >= 0.3 is 0 Å². The Bertz CT molecular complexity index is 655. The minimum atomic E-state index is 0.582. The van der Waals surface area contributed by atoms with E-state index in [4.69, 9.17) is 4.84 Å². The van der Waals surface area contributed by atoms with Crippen LogP contribution in [0.15, 0.2) is 60.8 Å². The molecule has 1 aromatic heterocycles. The summed E-state index contributed by atoms with van der Waals surface area (Å²) < 4.78 is 1.86. The first kappa shape index (κ1) is 10.9. The van der Waals surface area contributed by atoms with Gasteiger partial charge in [-0.05, 0) is 24.1 Å². The summed E-state index contributed by atoms with van der Waals surface area (Å²) in [6.07, 6.45) is 2.04. The molecule has 0 N–H and O–H groups in total. The number of aryl methyl sites for hydroxylation is 1. The number of benzene rings is 2. The predicted molar refractivity (Wildman–Crippen MR) is 73.4 cm³/mol. The van der Waals surface area contributed by atoms with Crippen molar-refractivity contribution < 1.29 is 4.84 Å². The average Bonchev–Trinajstić information content (AvgIpc) is 2.75. The first-order chi connectivity index (χ1) is 8.84. The van der Waals surface area contributed by atoms with Gasteiger partial charge in [0.05, 0.1) is 5.52 Å². The van der Waals surface area contributed by atoms with Crippen LogP contribution < -0.4 is 4.84 Å². The Morgan fingerprint density at radius 1 is 0.944 bits per heavy atom. The van der Waals surface area contributed by atoms with E-state index in [0.717, 1.165) is 5.52 Å². The average molecular weight is 237 g/mol. The van der Waals surface area contributed by atoms with E-state index in [1.54, 1.807) is 0 Å². The highest BCUT2D eigenvalue weighted by Crippen LogP contribution is 2.19. The van der Waals surface area contributed by atoms with Gasteiger partial charge in [-0.1, -0.05) is 48.5 Å². The lowest BCUT2D eigenvalue weighted by molar-refractivity contribution is 0.107. The summed E-state index contributed by atoms with van der Waals surface area (Å²) in [6, 6.07) is 18.5. The summed E-state index contributed by atoms with van der Waals surface area (Å²) in [5, 5.41) is 1.24. The van der Waals surface area contributed by atoms with Gasteiger partial charge in [0, 0.05) is 11.6 Å². The summed E-state index contributed by atoms with van der Waals surface area (Å²) in [6.45, 7) is 2.68. The van der Waals surface area contributed by atoms with Crippen LogP contribution in [0.5, 0.6) is 0 Å². The van der Waals surface area contributed by atoms with Crippen LogP contribution in [0.4, 0.5) is 0 Å². The number of aromatic nitrogens is 1. The first-order valence-corrected chi connectivity index (χ1v) is 6.08. The molecule has 0 aliphatic rings. The first-order valence-electron chi connectivity index (χ1n) is 6.08. The van der Waals surface area contributed by atoms with Crippen LogP contribution in [-0.4, -0.2) is 4.73 Å². The SMILES string of the molecule is Cc1cn(OCc2ccccc2)c2ccccc12. The molecular weight excluding hydrogens is 222 g/mol. The van der Waals surface area contributed by atoms with Gasteiger partial charge in [-0.15, -0.1) is 0 Å². The van der Waals surface area contributed by atoms with Crippen molar-refractivity contribution in [1.82, 2.24) is 4.73 Å². The van der Waals surface area contributed by atoms with E-state index in [9.17, 15) is 0 Å². The molecule has 0 fully saturated rings. The van der Waals surface area contributed by atoms with Crippen molar-refractivity contribution in [2.24, 2.45) is 0 Å². The highest BCUT2D eigenvalue weighted by atomic mass is 16.7. The van der Waals surface area contributed by atoms with Crippen molar-refractivity contribution >= 4 is 10.9 Å². The summed E-state index contributed by atoms with van der Waals surface area (Å²) in [5.74, 6) is 0. The second kappa shape index (κ2) is 4.57. The lowest BCUT2D eigenvalue weighted by Crippen LogP contribution is -2.09. The highest BCUT2D eigenvalue weighted by molar-refractivity contribution is 5.83. The van der Waals surface area contributed by atoms with Crippen molar-refractivity contribution in [1.29, 1.82) is 0 Å². The fourth-order valence-electron chi connectivity index (χ4n) is 2.14. The Morgan fingerprint density at radius 3 is 2.50 bits per heavy atom. The molecule has 3 rings (SSSR count). The second-order valence-electron chi connectivity index (χ2n) is 4.41. The minimum absolute atomic E-state index is 0.582. The molecule has 0 spiro atoms. The molecule has 0 radical (unpaired) electrons. The van der Waals surface area contributed by atoms with E-state index in [0.29, 0.717) is 6.61 Å². The van der Waals surface area contributed by atoms with Crippen molar-refractivity contribution in [3.05, 3.63) is 71.9 Å². The van der Waals surface area contributed by atoms with Crippen LogP contribution in [0.2, 0.25) is 0 Å². The number of fused-ring (bicyclic) bond motifs is 1. The molecule has 0 saturated heterocycles. The van der Waals surface area contributed by atoms with E-state index in [1.807, 2.05) is 35.2 Å². The summed E-state index contributed by atoms with van der Waals surface area (Å²) in [7, 11) is 0. The zero-order valence-electron chi connectivity index (χ0n) is 10.3. The topological polar surface area (TPSA) is 14.2 Å². The molecule has 18 heavy (non-hydrogen) atoms. The van der Waals surface area contributed by atoms with Gasteiger partial charge in [0.1, 0.15) is 6.61 Å². The third-order valence-corrected chi connectivity index (χ3v) is 3.09. The number of hydrogen-bond donors (Lipinski definition) is 0. The largest absolute Gasteiger partial charge is 0.409 e. The molecule has 0 amide bonds. The smallest absolute Gasteiger partial charge is 0.140 e. The van der Waals surface area contributed by atoms with E-state index in [-0.39, 0.29) is 0 Å². The summed E-state index contributed by atoms with van der Waals surface area (Å²) in [5.41, 5.74) is 3.53. The molecule has 2 heteroatoms. The molecule has 0 saturated carbocycles. The number of para-hydroxylation sites is 1. The van der Waals surface area contributed by atoms with Gasteiger partial charge in [0.25, 0.3) is 0 Å². The highest BCUT2D eigenvalue weighted by Gasteiger charge is 2.04. The van der Waals surface area contributed by atoms with Crippen molar-refractivity contribution in [2.45, 2.75) is 13.5 Å². The fraction of sp³-hybridized carbons (Fsp3) is 0.125. The molecule has 0 bridgehead atoms. The fourth-order valence-corrected chi connectivity index (χ4v) is 2.14. The third kappa shape index (κ3) is 1.97. The van der Waals surface area contributed by atoms with E-state index >= 15 is 0 Å². The zero-order chi connectivity index (χ0) is 12.4. The molecule has 90 valence electrons. The van der Waals surface area contributed by atoms with Crippen LogP contribution >= 0.6 is 0 Å². The van der Waals surface area contributed by atoms with Gasteiger partial charge in [-0.2, -0.15) is 4.73 Å². The molecule has 2 aromatic carbocycles. The minimum Gasteiger partial charge on any atom is -0.409 e.